The lowest BCUT2D eigenvalue weighted by Crippen LogP contribution is -2.40. The Bertz CT molecular complexity index is 980. The molecule has 3 heterocycles. The van der Waals surface area contributed by atoms with Crippen molar-refractivity contribution in [2.75, 3.05) is 16.8 Å². The number of aromatic nitrogens is 4. The first-order chi connectivity index (χ1) is 13.6. The van der Waals surface area contributed by atoms with Crippen LogP contribution in [-0.2, 0) is 4.79 Å². The first-order valence-electron chi connectivity index (χ1n) is 9.05. The molecule has 0 radical (unpaired) electrons. The largest absolute Gasteiger partial charge is 0.329 e. The van der Waals surface area contributed by atoms with Crippen LogP contribution in [0.4, 0.5) is 16.0 Å². The molecule has 0 bridgehead atoms. The van der Waals surface area contributed by atoms with Gasteiger partial charge in [-0.15, -0.1) is 0 Å². The van der Waals surface area contributed by atoms with Crippen LogP contribution in [0.3, 0.4) is 0 Å². The highest BCUT2D eigenvalue weighted by Crippen LogP contribution is 2.26. The zero-order valence-corrected chi connectivity index (χ0v) is 15.3. The van der Waals surface area contributed by atoms with Gasteiger partial charge >= 0.3 is 0 Å². The Morgan fingerprint density at radius 1 is 1.18 bits per heavy atom. The molecule has 1 aliphatic rings. The zero-order chi connectivity index (χ0) is 19.5. The summed E-state index contributed by atoms with van der Waals surface area (Å²) >= 11 is 0. The molecule has 1 aliphatic heterocycles. The Balaban J connectivity index is 1.55. The molecule has 28 heavy (non-hydrogen) atoms. The minimum absolute atomic E-state index is 0.111. The highest BCUT2D eigenvalue weighted by Gasteiger charge is 2.32. The molecular weight excluding hydrogens is 359 g/mol. The number of benzene rings is 1. The van der Waals surface area contributed by atoms with E-state index in [0.717, 1.165) is 42.9 Å². The van der Waals surface area contributed by atoms with Gasteiger partial charge < -0.3 is 10.2 Å². The quantitative estimate of drug-likeness (QED) is 0.751. The maximum atomic E-state index is 13.1. The third kappa shape index (κ3) is 3.66. The Morgan fingerprint density at radius 2 is 1.93 bits per heavy atom. The number of carbonyl (C=O) groups is 1. The van der Waals surface area contributed by atoms with E-state index in [1.807, 2.05) is 24.0 Å². The monoisotopic (exact) mass is 378 g/mol. The van der Waals surface area contributed by atoms with Gasteiger partial charge in [0.05, 0.1) is 12.4 Å². The molecule has 142 valence electrons. The summed E-state index contributed by atoms with van der Waals surface area (Å²) in [5.41, 5.74) is 2.32. The van der Waals surface area contributed by atoms with Crippen LogP contribution in [0.5, 0.6) is 0 Å². The van der Waals surface area contributed by atoms with Gasteiger partial charge in [-0.2, -0.15) is 0 Å². The minimum Gasteiger partial charge on any atom is -0.329 e. The number of nitrogens with zero attached hydrogens (tertiary/aromatic N) is 5. The fraction of sp³-hybridized carbons (Fsp3) is 0.250. The van der Waals surface area contributed by atoms with E-state index < -0.39 is 5.82 Å². The number of anilines is 2. The second-order valence-corrected chi connectivity index (χ2v) is 6.64. The van der Waals surface area contributed by atoms with Gasteiger partial charge in [0.15, 0.2) is 11.6 Å². The summed E-state index contributed by atoms with van der Waals surface area (Å²) in [5.74, 6) is 0.370. The maximum absolute atomic E-state index is 13.1. The van der Waals surface area contributed by atoms with Crippen LogP contribution >= 0.6 is 0 Å². The van der Waals surface area contributed by atoms with E-state index >= 15 is 0 Å². The fourth-order valence-corrected chi connectivity index (χ4v) is 3.34. The minimum atomic E-state index is -0.490. The smallest absolute Gasteiger partial charge is 0.247 e. The van der Waals surface area contributed by atoms with Crippen LogP contribution in [0.15, 0.2) is 49.1 Å². The van der Waals surface area contributed by atoms with Crippen LogP contribution in [-0.4, -0.2) is 38.4 Å². The van der Waals surface area contributed by atoms with Crippen LogP contribution in [0.25, 0.3) is 11.4 Å². The average molecular weight is 378 g/mol. The summed E-state index contributed by atoms with van der Waals surface area (Å²) in [5, 5.41) is 2.97. The second-order valence-electron chi connectivity index (χ2n) is 6.64. The fourth-order valence-electron chi connectivity index (χ4n) is 3.34. The van der Waals surface area contributed by atoms with Crippen molar-refractivity contribution in [3.63, 3.8) is 0 Å². The van der Waals surface area contributed by atoms with Crippen LogP contribution < -0.4 is 10.2 Å². The Morgan fingerprint density at radius 3 is 2.68 bits per heavy atom. The third-order valence-corrected chi connectivity index (χ3v) is 4.73. The van der Waals surface area contributed by atoms with Crippen LogP contribution in [0, 0.1) is 12.7 Å². The summed E-state index contributed by atoms with van der Waals surface area (Å²) in [6.45, 7) is 2.66. The van der Waals surface area contributed by atoms with Gasteiger partial charge in [0.1, 0.15) is 6.04 Å². The molecule has 4 rings (SSSR count). The number of hydrogen-bond donors (Lipinski definition) is 1. The molecule has 2 aromatic heterocycles. The molecule has 1 saturated heterocycles. The molecule has 1 atom stereocenters. The predicted octanol–water partition coefficient (Wildman–Crippen LogP) is 2.99. The van der Waals surface area contributed by atoms with Gasteiger partial charge in [0.2, 0.25) is 11.9 Å². The van der Waals surface area contributed by atoms with Crippen molar-refractivity contribution in [1.82, 2.24) is 19.9 Å². The lowest BCUT2D eigenvalue weighted by Gasteiger charge is -2.23. The molecule has 0 spiro atoms. The SMILES string of the molecule is Cc1ccc(NC(=O)[C@H]2CCCN2c2ncccn2)cc1-c1ncc(F)cn1. The van der Waals surface area contributed by atoms with Crippen molar-refractivity contribution < 1.29 is 9.18 Å². The summed E-state index contributed by atoms with van der Waals surface area (Å²) in [7, 11) is 0. The van der Waals surface area contributed by atoms with Gasteiger partial charge in [-0.05, 0) is 43.5 Å². The highest BCUT2D eigenvalue weighted by atomic mass is 19.1. The summed E-state index contributed by atoms with van der Waals surface area (Å²) in [4.78, 5) is 31.4. The third-order valence-electron chi connectivity index (χ3n) is 4.73. The summed E-state index contributed by atoms with van der Waals surface area (Å²) < 4.78 is 13.1. The molecular formula is C20H19FN6O. The molecule has 1 aromatic carbocycles. The van der Waals surface area contributed by atoms with Crippen LogP contribution in [0.1, 0.15) is 18.4 Å². The standard InChI is InChI=1S/C20H19FN6O/c1-13-5-6-15(10-16(13)18-24-11-14(21)12-25-18)26-19(28)17-4-2-9-27(17)20-22-7-3-8-23-20/h3,5-8,10-12,17H,2,4,9H2,1H3,(H,26,28)/t17-/m1/s1. The average Bonchev–Trinajstić information content (AvgIpc) is 3.21. The van der Waals surface area contributed by atoms with Gasteiger partial charge in [-0.1, -0.05) is 6.07 Å². The molecule has 1 N–H and O–H groups in total. The Labute approximate surface area is 161 Å². The number of nitrogens with one attached hydrogen (secondary N) is 1. The normalized spacial score (nSPS) is 16.2. The first-order valence-corrected chi connectivity index (χ1v) is 9.05. The van der Waals surface area contributed by atoms with Crippen molar-refractivity contribution in [3.05, 3.63) is 60.4 Å². The van der Waals surface area contributed by atoms with E-state index in [2.05, 4.69) is 25.3 Å². The lowest BCUT2D eigenvalue weighted by molar-refractivity contribution is -0.117. The Kier molecular flexibility index (Phi) is 4.92. The van der Waals surface area contributed by atoms with Gasteiger partial charge in [-0.25, -0.2) is 24.3 Å². The molecule has 7 nitrogen and oxygen atoms in total. The van der Waals surface area contributed by atoms with E-state index in [1.165, 1.54) is 0 Å². The first kappa shape index (κ1) is 18.0. The topological polar surface area (TPSA) is 83.9 Å². The van der Waals surface area contributed by atoms with Crippen molar-refractivity contribution in [2.45, 2.75) is 25.8 Å². The molecule has 1 amide bonds. The molecule has 1 fully saturated rings. The van der Waals surface area contributed by atoms with E-state index in [1.54, 1.807) is 24.5 Å². The number of halogens is 1. The van der Waals surface area contributed by atoms with Crippen molar-refractivity contribution in [3.8, 4) is 11.4 Å². The molecule has 3 aromatic rings. The molecule has 0 saturated carbocycles. The van der Waals surface area contributed by atoms with E-state index in [4.69, 9.17) is 0 Å². The van der Waals surface area contributed by atoms with Gasteiger partial charge in [0, 0.05) is 30.2 Å². The lowest BCUT2D eigenvalue weighted by atomic mass is 10.1. The van der Waals surface area contributed by atoms with Gasteiger partial charge in [0.25, 0.3) is 0 Å². The number of aryl methyl sites for hydroxylation is 1. The van der Waals surface area contributed by atoms with E-state index in [-0.39, 0.29) is 11.9 Å². The van der Waals surface area contributed by atoms with E-state index in [9.17, 15) is 9.18 Å². The van der Waals surface area contributed by atoms with Crippen molar-refractivity contribution in [2.24, 2.45) is 0 Å². The number of rotatable bonds is 4. The molecule has 8 heteroatoms. The maximum Gasteiger partial charge on any atom is 0.247 e. The molecule has 0 aliphatic carbocycles. The van der Waals surface area contributed by atoms with Gasteiger partial charge in [-0.3, -0.25) is 4.79 Å². The zero-order valence-electron chi connectivity index (χ0n) is 15.3. The number of carbonyl (C=O) groups excluding carboxylic acids is 1. The summed E-state index contributed by atoms with van der Waals surface area (Å²) in [6.07, 6.45) is 7.24. The van der Waals surface area contributed by atoms with Crippen LogP contribution in [0.2, 0.25) is 0 Å². The van der Waals surface area contributed by atoms with Crippen molar-refractivity contribution >= 4 is 17.5 Å². The number of hydrogen-bond acceptors (Lipinski definition) is 6. The van der Waals surface area contributed by atoms with E-state index in [0.29, 0.717) is 17.5 Å². The summed E-state index contributed by atoms with van der Waals surface area (Å²) in [6, 6.07) is 6.94. The molecule has 0 unspecified atom stereocenters. The Hall–Kier alpha value is -3.42. The number of amides is 1. The highest BCUT2D eigenvalue weighted by molar-refractivity contribution is 5.97. The second kappa shape index (κ2) is 7.67. The predicted molar refractivity (Wildman–Crippen MR) is 103 cm³/mol. The van der Waals surface area contributed by atoms with Crippen molar-refractivity contribution in [1.29, 1.82) is 0 Å².